The topological polar surface area (TPSA) is 72.3 Å². The Balaban J connectivity index is 2.02. The number of hydrogen-bond acceptors (Lipinski definition) is 3. The van der Waals surface area contributed by atoms with Crippen molar-refractivity contribution in [1.29, 1.82) is 0 Å². The van der Waals surface area contributed by atoms with E-state index in [1.165, 1.54) is 11.1 Å². The zero-order valence-electron chi connectivity index (χ0n) is 11.2. The lowest BCUT2D eigenvalue weighted by atomic mass is 9.98. The van der Waals surface area contributed by atoms with Crippen LogP contribution in [0.2, 0.25) is 0 Å². The summed E-state index contributed by atoms with van der Waals surface area (Å²) in [6.45, 7) is 1.59. The number of carbonyl (C=O) groups excluding carboxylic acids is 1. The van der Waals surface area contributed by atoms with E-state index in [0.29, 0.717) is 11.3 Å². The maximum Gasteiger partial charge on any atom is 0.250 e. The molecule has 0 unspecified atom stereocenters. The molecule has 2 aromatic carbocycles. The Hall–Kier alpha value is -2.49. The average molecular weight is 267 g/mol. The minimum atomic E-state index is -0.439. The quantitative estimate of drug-likeness (QED) is 0.817. The van der Waals surface area contributed by atoms with Crippen LogP contribution in [0.3, 0.4) is 0 Å². The Morgan fingerprint density at radius 1 is 1.05 bits per heavy atom. The number of hydrogen-bond donors (Lipinski definition) is 2. The molecular weight excluding hydrogens is 250 g/mol. The van der Waals surface area contributed by atoms with Crippen molar-refractivity contribution in [3.8, 4) is 0 Å². The molecule has 0 radical (unpaired) electrons. The molecule has 0 atom stereocenters. The van der Waals surface area contributed by atoms with E-state index in [1.54, 1.807) is 12.1 Å². The lowest BCUT2D eigenvalue weighted by Crippen LogP contribution is -2.32. The van der Waals surface area contributed by atoms with Crippen molar-refractivity contribution in [2.75, 3.05) is 17.2 Å². The molecule has 0 aromatic heterocycles. The van der Waals surface area contributed by atoms with Crippen LogP contribution in [0.25, 0.3) is 0 Å². The smallest absolute Gasteiger partial charge is 0.250 e. The predicted molar refractivity (Wildman–Crippen MR) is 80.6 cm³/mol. The van der Waals surface area contributed by atoms with Crippen molar-refractivity contribution in [2.45, 2.75) is 13.0 Å². The molecule has 0 saturated carbocycles. The van der Waals surface area contributed by atoms with Crippen molar-refractivity contribution < 1.29 is 4.79 Å². The van der Waals surface area contributed by atoms with Crippen LogP contribution in [0.4, 0.5) is 11.4 Å². The molecule has 1 aliphatic heterocycles. The Morgan fingerprint density at radius 3 is 2.55 bits per heavy atom. The van der Waals surface area contributed by atoms with E-state index >= 15 is 0 Å². The molecule has 4 nitrogen and oxygen atoms in total. The zero-order chi connectivity index (χ0) is 14.1. The molecule has 0 fully saturated rings. The van der Waals surface area contributed by atoms with Gasteiger partial charge in [0.2, 0.25) is 0 Å². The highest BCUT2D eigenvalue weighted by molar-refractivity contribution is 6.01. The third kappa shape index (κ3) is 2.09. The number of nitrogens with two attached hydrogens (primary N) is 2. The van der Waals surface area contributed by atoms with Crippen molar-refractivity contribution in [1.82, 2.24) is 0 Å². The van der Waals surface area contributed by atoms with Gasteiger partial charge >= 0.3 is 0 Å². The van der Waals surface area contributed by atoms with Gasteiger partial charge in [0.05, 0.1) is 16.9 Å². The summed E-state index contributed by atoms with van der Waals surface area (Å²) in [6.07, 6.45) is 0.947. The van der Waals surface area contributed by atoms with Crippen molar-refractivity contribution >= 4 is 17.3 Å². The van der Waals surface area contributed by atoms with Gasteiger partial charge in [-0.25, -0.2) is 0 Å². The van der Waals surface area contributed by atoms with E-state index in [9.17, 15) is 4.79 Å². The number of amides is 1. The molecule has 0 spiro atoms. The molecule has 102 valence electrons. The monoisotopic (exact) mass is 267 g/mol. The first-order chi connectivity index (χ1) is 9.66. The Kier molecular flexibility index (Phi) is 3.06. The number of primary amides is 1. The highest BCUT2D eigenvalue weighted by Gasteiger charge is 2.21. The van der Waals surface area contributed by atoms with Crippen molar-refractivity contribution in [2.24, 2.45) is 5.73 Å². The van der Waals surface area contributed by atoms with Crippen LogP contribution in [0.15, 0.2) is 42.5 Å². The van der Waals surface area contributed by atoms with Crippen LogP contribution in [-0.2, 0) is 13.0 Å². The molecule has 1 heterocycles. The third-order valence-corrected chi connectivity index (χ3v) is 3.78. The van der Waals surface area contributed by atoms with Crippen LogP contribution in [0.5, 0.6) is 0 Å². The van der Waals surface area contributed by atoms with E-state index in [4.69, 9.17) is 11.5 Å². The fraction of sp³-hybridized carbons (Fsp3) is 0.188. The normalized spacial score (nSPS) is 13.9. The number of nitrogen functional groups attached to an aromatic ring is 1. The van der Waals surface area contributed by atoms with Gasteiger partial charge in [-0.15, -0.1) is 0 Å². The third-order valence-electron chi connectivity index (χ3n) is 3.78. The van der Waals surface area contributed by atoms with Crippen LogP contribution >= 0.6 is 0 Å². The standard InChI is InChI=1S/C16H17N3O/c17-14-7-3-6-13(16(18)20)15(14)19-9-8-11-4-1-2-5-12(11)10-19/h1-7H,8-10,17H2,(H2,18,20). The van der Waals surface area contributed by atoms with E-state index in [2.05, 4.69) is 23.1 Å². The summed E-state index contributed by atoms with van der Waals surface area (Å²) in [4.78, 5) is 13.7. The van der Waals surface area contributed by atoms with E-state index < -0.39 is 5.91 Å². The zero-order valence-corrected chi connectivity index (χ0v) is 11.2. The summed E-state index contributed by atoms with van der Waals surface area (Å²) >= 11 is 0. The van der Waals surface area contributed by atoms with E-state index in [0.717, 1.165) is 25.2 Å². The summed E-state index contributed by atoms with van der Waals surface area (Å²) in [5.74, 6) is -0.439. The second kappa shape index (κ2) is 4.89. The average Bonchev–Trinajstić information content (AvgIpc) is 2.46. The number of benzene rings is 2. The highest BCUT2D eigenvalue weighted by atomic mass is 16.1. The molecule has 1 amide bonds. The molecule has 4 heteroatoms. The first-order valence-electron chi connectivity index (χ1n) is 6.67. The number of para-hydroxylation sites is 1. The van der Waals surface area contributed by atoms with Crippen molar-refractivity contribution in [3.63, 3.8) is 0 Å². The molecule has 2 aromatic rings. The Morgan fingerprint density at radius 2 is 1.80 bits per heavy atom. The maximum absolute atomic E-state index is 11.6. The summed E-state index contributed by atoms with van der Waals surface area (Å²) < 4.78 is 0. The van der Waals surface area contributed by atoms with Gasteiger partial charge in [0.25, 0.3) is 5.91 Å². The number of rotatable bonds is 2. The van der Waals surface area contributed by atoms with Gasteiger partial charge < -0.3 is 16.4 Å². The molecule has 4 N–H and O–H groups in total. The van der Waals surface area contributed by atoms with Crippen LogP contribution < -0.4 is 16.4 Å². The van der Waals surface area contributed by atoms with Gasteiger partial charge in [0.1, 0.15) is 0 Å². The first kappa shape index (κ1) is 12.5. The minimum absolute atomic E-state index is 0.439. The highest BCUT2D eigenvalue weighted by Crippen LogP contribution is 2.32. The summed E-state index contributed by atoms with van der Waals surface area (Å²) in [5.41, 5.74) is 16.0. The first-order valence-corrected chi connectivity index (χ1v) is 6.67. The van der Waals surface area contributed by atoms with Gasteiger partial charge in [-0.2, -0.15) is 0 Å². The molecule has 0 saturated heterocycles. The van der Waals surface area contributed by atoms with Crippen molar-refractivity contribution in [3.05, 3.63) is 59.2 Å². The van der Waals surface area contributed by atoms with Gasteiger partial charge in [-0.05, 0) is 29.7 Å². The van der Waals surface area contributed by atoms with E-state index in [1.807, 2.05) is 12.1 Å². The summed E-state index contributed by atoms with van der Waals surface area (Å²) in [5, 5.41) is 0. The SMILES string of the molecule is NC(=O)c1cccc(N)c1N1CCc2ccccc2C1. The number of carbonyl (C=O) groups is 1. The lowest BCUT2D eigenvalue weighted by molar-refractivity contribution is 0.100. The lowest BCUT2D eigenvalue weighted by Gasteiger charge is -2.32. The fourth-order valence-electron chi connectivity index (χ4n) is 2.80. The van der Waals surface area contributed by atoms with Gasteiger partial charge in [0, 0.05) is 13.1 Å². The molecule has 0 bridgehead atoms. The number of anilines is 2. The Bertz CT molecular complexity index is 667. The van der Waals surface area contributed by atoms with Crippen LogP contribution in [-0.4, -0.2) is 12.5 Å². The predicted octanol–water partition coefficient (Wildman–Crippen LogP) is 1.93. The van der Waals surface area contributed by atoms with E-state index in [-0.39, 0.29) is 0 Å². The number of nitrogens with zero attached hydrogens (tertiary/aromatic N) is 1. The molecule has 20 heavy (non-hydrogen) atoms. The summed E-state index contributed by atoms with van der Waals surface area (Å²) in [6, 6.07) is 13.7. The molecule has 3 rings (SSSR count). The molecule has 0 aliphatic carbocycles. The maximum atomic E-state index is 11.6. The summed E-state index contributed by atoms with van der Waals surface area (Å²) in [7, 11) is 0. The second-order valence-corrected chi connectivity index (χ2v) is 5.05. The Labute approximate surface area is 118 Å². The van der Waals surface area contributed by atoms with Gasteiger partial charge in [-0.1, -0.05) is 30.3 Å². The van der Waals surface area contributed by atoms with Crippen LogP contribution in [0, 0.1) is 0 Å². The number of fused-ring (bicyclic) bond motifs is 1. The van der Waals surface area contributed by atoms with Crippen LogP contribution in [0.1, 0.15) is 21.5 Å². The second-order valence-electron chi connectivity index (χ2n) is 5.05. The van der Waals surface area contributed by atoms with Gasteiger partial charge in [-0.3, -0.25) is 4.79 Å². The molecular formula is C16H17N3O. The largest absolute Gasteiger partial charge is 0.397 e. The minimum Gasteiger partial charge on any atom is -0.397 e. The molecule has 1 aliphatic rings. The fourth-order valence-corrected chi connectivity index (χ4v) is 2.80. The van der Waals surface area contributed by atoms with Gasteiger partial charge in [0.15, 0.2) is 0 Å².